The molecule has 7 nitrogen and oxygen atoms in total. The van der Waals surface area contributed by atoms with Crippen molar-refractivity contribution in [2.75, 3.05) is 0 Å². The van der Waals surface area contributed by atoms with Crippen LogP contribution in [0.3, 0.4) is 0 Å². The fourth-order valence-corrected chi connectivity index (χ4v) is 3.66. The van der Waals surface area contributed by atoms with E-state index in [-0.39, 0.29) is 23.5 Å². The van der Waals surface area contributed by atoms with E-state index in [2.05, 4.69) is 5.32 Å². The SMILES string of the molecule is O=C(NC1C(O)=COC2=C1SC([N+](=O)[O-])C2)c1ccc(C(F)(F)F)cc1. The number of nitrogens with zero attached hydrogens (tertiary/aromatic N) is 1. The molecule has 1 amide bonds. The third kappa shape index (κ3) is 3.47. The summed E-state index contributed by atoms with van der Waals surface area (Å²) in [6.07, 6.45) is -3.54. The minimum absolute atomic E-state index is 0.00340. The number of nitro groups is 1. The Bertz CT molecular complexity index is 820. The zero-order chi connectivity index (χ0) is 19.1. The third-order valence-electron chi connectivity index (χ3n) is 3.76. The number of alkyl halides is 3. The van der Waals surface area contributed by atoms with E-state index in [9.17, 15) is 33.2 Å². The molecule has 138 valence electrons. The smallest absolute Gasteiger partial charge is 0.416 e. The summed E-state index contributed by atoms with van der Waals surface area (Å²) >= 11 is 0.849. The molecule has 0 aromatic heterocycles. The van der Waals surface area contributed by atoms with Crippen LogP contribution >= 0.6 is 11.8 Å². The molecule has 26 heavy (non-hydrogen) atoms. The lowest BCUT2D eigenvalue weighted by Gasteiger charge is -2.23. The van der Waals surface area contributed by atoms with Gasteiger partial charge in [-0.25, -0.2) is 0 Å². The van der Waals surface area contributed by atoms with Gasteiger partial charge in [-0.2, -0.15) is 13.2 Å². The van der Waals surface area contributed by atoms with E-state index >= 15 is 0 Å². The van der Waals surface area contributed by atoms with Crippen LogP contribution in [-0.4, -0.2) is 27.4 Å². The number of carbonyl (C=O) groups is 1. The van der Waals surface area contributed by atoms with E-state index in [1.165, 1.54) is 0 Å². The van der Waals surface area contributed by atoms with Crippen LogP contribution in [-0.2, 0) is 10.9 Å². The van der Waals surface area contributed by atoms with Crippen LogP contribution in [0.2, 0.25) is 0 Å². The van der Waals surface area contributed by atoms with Crippen LogP contribution < -0.4 is 5.32 Å². The number of hydrogen-bond acceptors (Lipinski definition) is 6. The van der Waals surface area contributed by atoms with Crippen molar-refractivity contribution in [3.63, 3.8) is 0 Å². The number of aliphatic hydroxyl groups excluding tert-OH is 1. The normalized spacial score (nSPS) is 22.3. The molecule has 0 radical (unpaired) electrons. The topological polar surface area (TPSA) is 102 Å². The van der Waals surface area contributed by atoms with E-state index in [1.807, 2.05) is 0 Å². The van der Waals surface area contributed by atoms with Gasteiger partial charge in [-0.3, -0.25) is 14.9 Å². The molecule has 3 rings (SSSR count). The molecule has 2 aliphatic rings. The van der Waals surface area contributed by atoms with Gasteiger partial charge in [-0.05, 0) is 36.0 Å². The molecule has 2 aliphatic heterocycles. The van der Waals surface area contributed by atoms with Gasteiger partial charge in [-0.15, -0.1) is 0 Å². The Balaban J connectivity index is 1.76. The van der Waals surface area contributed by atoms with Gasteiger partial charge in [0.05, 0.1) is 16.9 Å². The maximum atomic E-state index is 12.6. The summed E-state index contributed by atoms with van der Waals surface area (Å²) in [4.78, 5) is 23.0. The number of benzene rings is 1. The molecule has 0 saturated carbocycles. The molecule has 2 N–H and O–H groups in total. The van der Waals surface area contributed by atoms with Crippen molar-refractivity contribution in [1.82, 2.24) is 5.32 Å². The predicted octanol–water partition coefficient (Wildman–Crippen LogP) is 3.18. The van der Waals surface area contributed by atoms with Crippen molar-refractivity contribution in [3.05, 3.63) is 68.2 Å². The maximum Gasteiger partial charge on any atom is 0.416 e. The largest absolute Gasteiger partial charge is 0.507 e. The number of hydrogen-bond donors (Lipinski definition) is 2. The van der Waals surface area contributed by atoms with Crippen LogP contribution in [0.4, 0.5) is 13.2 Å². The standard InChI is InChI=1S/C15H11F3N2O5S/c16-15(17,18)8-3-1-7(2-4-8)14(22)19-12-9(21)6-25-10-5-11(20(23)24)26-13(10)12/h1-4,6,11-12,21H,5H2,(H,19,22). The second kappa shape index (κ2) is 6.56. The highest BCUT2D eigenvalue weighted by atomic mass is 32.2. The lowest BCUT2D eigenvalue weighted by atomic mass is 10.1. The highest BCUT2D eigenvalue weighted by Crippen LogP contribution is 2.43. The summed E-state index contributed by atoms with van der Waals surface area (Å²) in [6.45, 7) is 0. The number of nitrogens with one attached hydrogen (secondary N) is 1. The lowest BCUT2D eigenvalue weighted by molar-refractivity contribution is -0.494. The number of ether oxygens (including phenoxy) is 1. The van der Waals surface area contributed by atoms with Gasteiger partial charge in [-0.1, -0.05) is 0 Å². The minimum atomic E-state index is -4.52. The Morgan fingerprint density at radius 1 is 1.35 bits per heavy atom. The molecule has 2 unspecified atom stereocenters. The van der Waals surface area contributed by atoms with Crippen molar-refractivity contribution < 1.29 is 32.7 Å². The second-order valence-electron chi connectivity index (χ2n) is 5.49. The van der Waals surface area contributed by atoms with Crippen molar-refractivity contribution in [2.24, 2.45) is 0 Å². The molecule has 0 bridgehead atoms. The first-order chi connectivity index (χ1) is 12.2. The third-order valence-corrected chi connectivity index (χ3v) is 5.09. The number of aliphatic hydroxyl groups is 1. The summed E-state index contributed by atoms with van der Waals surface area (Å²) < 4.78 is 42.9. The van der Waals surface area contributed by atoms with Crippen LogP contribution in [0.25, 0.3) is 0 Å². The van der Waals surface area contributed by atoms with Crippen LogP contribution in [0.15, 0.2) is 47.0 Å². The molecule has 2 heterocycles. The van der Waals surface area contributed by atoms with Gasteiger partial charge >= 0.3 is 6.18 Å². The summed E-state index contributed by atoms with van der Waals surface area (Å²) in [6, 6.07) is 2.51. The average molecular weight is 388 g/mol. The Hall–Kier alpha value is -2.69. The Kier molecular flexibility index (Phi) is 4.57. The van der Waals surface area contributed by atoms with E-state index < -0.39 is 34.0 Å². The molecular formula is C15H11F3N2O5S. The number of rotatable bonds is 3. The molecule has 1 aromatic carbocycles. The summed E-state index contributed by atoms with van der Waals surface area (Å²) in [5.74, 6) is -0.824. The van der Waals surface area contributed by atoms with Crippen molar-refractivity contribution >= 4 is 17.7 Å². The van der Waals surface area contributed by atoms with Crippen molar-refractivity contribution in [1.29, 1.82) is 0 Å². The van der Waals surface area contributed by atoms with E-state index in [0.717, 1.165) is 42.3 Å². The molecular weight excluding hydrogens is 377 g/mol. The molecule has 1 aromatic rings. The van der Waals surface area contributed by atoms with Crippen molar-refractivity contribution in [2.45, 2.75) is 24.0 Å². The van der Waals surface area contributed by atoms with Crippen LogP contribution in [0, 0.1) is 10.1 Å². The van der Waals surface area contributed by atoms with Gasteiger partial charge in [0.15, 0.2) is 5.76 Å². The number of amides is 1. The van der Waals surface area contributed by atoms with Crippen LogP contribution in [0.5, 0.6) is 0 Å². The first-order valence-corrected chi connectivity index (χ1v) is 8.12. The second-order valence-corrected chi connectivity index (χ2v) is 6.71. The highest BCUT2D eigenvalue weighted by molar-refractivity contribution is 8.03. The number of halogens is 3. The fraction of sp³-hybridized carbons (Fsp3) is 0.267. The van der Waals surface area contributed by atoms with Gasteiger partial charge in [0.1, 0.15) is 18.1 Å². The van der Waals surface area contributed by atoms with E-state index in [0.29, 0.717) is 4.91 Å². The quantitative estimate of drug-likeness (QED) is 0.609. The molecule has 11 heteroatoms. The summed E-state index contributed by atoms with van der Waals surface area (Å²) in [5.41, 5.74) is -0.943. The van der Waals surface area contributed by atoms with Crippen molar-refractivity contribution in [3.8, 4) is 0 Å². The number of thioether (sulfide) groups is 1. The molecule has 0 spiro atoms. The molecule has 0 fully saturated rings. The van der Waals surface area contributed by atoms with E-state index in [4.69, 9.17) is 4.74 Å². The van der Waals surface area contributed by atoms with Gasteiger partial charge in [0.2, 0.25) is 0 Å². The minimum Gasteiger partial charge on any atom is -0.507 e. The maximum absolute atomic E-state index is 12.6. The summed E-state index contributed by atoms with van der Waals surface area (Å²) in [5, 5.41) is 22.3. The molecule has 0 saturated heterocycles. The first kappa shape index (κ1) is 18.1. The Morgan fingerprint density at radius 3 is 2.58 bits per heavy atom. The first-order valence-electron chi connectivity index (χ1n) is 7.24. The zero-order valence-electron chi connectivity index (χ0n) is 12.8. The monoisotopic (exact) mass is 388 g/mol. The molecule has 0 aliphatic carbocycles. The van der Waals surface area contributed by atoms with Gasteiger partial charge < -0.3 is 15.2 Å². The average Bonchev–Trinajstić information content (AvgIpc) is 3.01. The van der Waals surface area contributed by atoms with Gasteiger partial charge in [0, 0.05) is 10.5 Å². The Labute approximate surface area is 148 Å². The van der Waals surface area contributed by atoms with E-state index in [1.54, 1.807) is 0 Å². The predicted molar refractivity (Wildman–Crippen MR) is 84.5 cm³/mol. The highest BCUT2D eigenvalue weighted by Gasteiger charge is 2.42. The fourth-order valence-electron chi connectivity index (χ4n) is 2.46. The summed E-state index contributed by atoms with van der Waals surface area (Å²) in [7, 11) is 0. The van der Waals surface area contributed by atoms with Gasteiger partial charge in [0.25, 0.3) is 11.3 Å². The lowest BCUT2D eigenvalue weighted by Crippen LogP contribution is -2.38. The van der Waals surface area contributed by atoms with Crippen LogP contribution in [0.1, 0.15) is 22.3 Å². The number of carbonyl (C=O) groups excluding carboxylic acids is 1. The Morgan fingerprint density at radius 2 is 2.00 bits per heavy atom. The molecule has 2 atom stereocenters. The zero-order valence-corrected chi connectivity index (χ0v) is 13.6.